The van der Waals surface area contributed by atoms with Crippen LogP contribution in [0, 0.1) is 37.5 Å². The molecule has 5 heteroatoms. The number of fused-ring (bicyclic) bond motifs is 1. The van der Waals surface area contributed by atoms with Crippen LogP contribution in [0.25, 0.3) is 11.1 Å². The SMILES string of the molecule is Cc1cc(C(=O)NC2C3CC4CC(C3)CC2C4)c2c(C)noc2n1. The number of amides is 1. The van der Waals surface area contributed by atoms with E-state index < -0.39 is 0 Å². The van der Waals surface area contributed by atoms with Gasteiger partial charge in [0.05, 0.1) is 16.6 Å². The lowest BCUT2D eigenvalue weighted by Gasteiger charge is -2.54. The third kappa shape index (κ3) is 2.10. The van der Waals surface area contributed by atoms with Gasteiger partial charge in [-0.3, -0.25) is 4.79 Å². The van der Waals surface area contributed by atoms with Crippen LogP contribution in [0.1, 0.15) is 53.8 Å². The molecule has 0 saturated heterocycles. The Kier molecular flexibility index (Phi) is 3.03. The van der Waals surface area contributed by atoms with E-state index in [1.165, 1.54) is 32.1 Å². The molecule has 0 atom stereocenters. The minimum atomic E-state index is 0.00859. The van der Waals surface area contributed by atoms with Crippen LogP contribution in [0.2, 0.25) is 0 Å². The van der Waals surface area contributed by atoms with Crippen molar-refractivity contribution in [3.05, 3.63) is 23.0 Å². The number of hydrogen-bond donors (Lipinski definition) is 1. The Balaban J connectivity index is 1.46. The van der Waals surface area contributed by atoms with Crippen molar-refractivity contribution in [2.24, 2.45) is 23.7 Å². The molecule has 4 aliphatic rings. The van der Waals surface area contributed by atoms with Gasteiger partial charge in [-0.05, 0) is 75.7 Å². The number of carbonyl (C=O) groups is 1. The van der Waals surface area contributed by atoms with Crippen LogP contribution < -0.4 is 5.32 Å². The van der Waals surface area contributed by atoms with E-state index in [0.717, 1.165) is 28.6 Å². The van der Waals surface area contributed by atoms with Crippen LogP contribution in [0.4, 0.5) is 0 Å². The van der Waals surface area contributed by atoms with E-state index in [0.29, 0.717) is 29.2 Å². The van der Waals surface area contributed by atoms with Crippen LogP contribution in [0.15, 0.2) is 10.6 Å². The highest BCUT2D eigenvalue weighted by Crippen LogP contribution is 2.53. The minimum Gasteiger partial charge on any atom is -0.349 e. The molecule has 6 rings (SSSR count). The van der Waals surface area contributed by atoms with Gasteiger partial charge in [0.2, 0.25) is 0 Å². The lowest BCUT2D eigenvalue weighted by molar-refractivity contribution is -0.0119. The highest BCUT2D eigenvalue weighted by atomic mass is 16.5. The summed E-state index contributed by atoms with van der Waals surface area (Å²) < 4.78 is 5.26. The van der Waals surface area contributed by atoms with Crippen molar-refractivity contribution in [2.75, 3.05) is 0 Å². The first-order valence-corrected chi connectivity index (χ1v) is 9.13. The first kappa shape index (κ1) is 14.4. The van der Waals surface area contributed by atoms with E-state index in [9.17, 15) is 4.79 Å². The smallest absolute Gasteiger partial charge is 0.258 e. The van der Waals surface area contributed by atoms with E-state index in [4.69, 9.17) is 4.52 Å². The Morgan fingerprint density at radius 2 is 1.79 bits per heavy atom. The number of rotatable bonds is 2. The molecule has 0 radical (unpaired) electrons. The highest BCUT2D eigenvalue weighted by Gasteiger charge is 2.48. The zero-order chi connectivity index (χ0) is 16.4. The van der Waals surface area contributed by atoms with Crippen molar-refractivity contribution >= 4 is 17.0 Å². The second-order valence-corrected chi connectivity index (χ2v) is 8.19. The van der Waals surface area contributed by atoms with E-state index in [1.807, 2.05) is 19.9 Å². The maximum atomic E-state index is 13.0. The van der Waals surface area contributed by atoms with Crippen molar-refractivity contribution < 1.29 is 9.32 Å². The largest absolute Gasteiger partial charge is 0.349 e. The lowest BCUT2D eigenvalue weighted by atomic mass is 9.54. The van der Waals surface area contributed by atoms with Crippen molar-refractivity contribution in [3.63, 3.8) is 0 Å². The van der Waals surface area contributed by atoms with E-state index in [-0.39, 0.29) is 5.91 Å². The minimum absolute atomic E-state index is 0.00859. The van der Waals surface area contributed by atoms with Gasteiger partial charge >= 0.3 is 0 Å². The molecule has 2 heterocycles. The molecular weight excluding hydrogens is 302 g/mol. The van der Waals surface area contributed by atoms with Crippen molar-refractivity contribution in [1.29, 1.82) is 0 Å². The Labute approximate surface area is 141 Å². The first-order valence-electron chi connectivity index (χ1n) is 9.13. The molecule has 4 bridgehead atoms. The zero-order valence-corrected chi connectivity index (χ0v) is 14.2. The molecule has 24 heavy (non-hydrogen) atoms. The fourth-order valence-corrected chi connectivity index (χ4v) is 5.79. The lowest BCUT2D eigenvalue weighted by Crippen LogP contribution is -2.55. The van der Waals surface area contributed by atoms with Crippen molar-refractivity contribution in [2.45, 2.75) is 52.0 Å². The summed E-state index contributed by atoms with van der Waals surface area (Å²) in [5.41, 5.74) is 2.63. The van der Waals surface area contributed by atoms with Gasteiger partial charge < -0.3 is 9.84 Å². The monoisotopic (exact) mass is 325 g/mol. The first-order chi connectivity index (χ1) is 11.6. The molecule has 4 aliphatic carbocycles. The molecule has 0 unspecified atom stereocenters. The molecule has 0 aliphatic heterocycles. The van der Waals surface area contributed by atoms with Crippen molar-refractivity contribution in [3.8, 4) is 0 Å². The summed E-state index contributed by atoms with van der Waals surface area (Å²) >= 11 is 0. The van der Waals surface area contributed by atoms with E-state index in [1.54, 1.807) is 0 Å². The predicted octanol–water partition coefficient (Wildman–Crippen LogP) is 3.39. The molecule has 4 saturated carbocycles. The molecule has 126 valence electrons. The van der Waals surface area contributed by atoms with Crippen molar-refractivity contribution in [1.82, 2.24) is 15.5 Å². The Morgan fingerprint density at radius 3 is 2.46 bits per heavy atom. The van der Waals surface area contributed by atoms with Crippen LogP contribution in [-0.2, 0) is 0 Å². The average Bonchev–Trinajstić information content (AvgIpc) is 2.90. The van der Waals surface area contributed by atoms with Gasteiger partial charge in [-0.25, -0.2) is 4.98 Å². The van der Waals surface area contributed by atoms with Gasteiger partial charge in [-0.15, -0.1) is 0 Å². The molecule has 4 fully saturated rings. The van der Waals surface area contributed by atoms with Crippen LogP contribution >= 0.6 is 0 Å². The summed E-state index contributed by atoms with van der Waals surface area (Å²) in [6, 6.07) is 2.20. The number of carbonyl (C=O) groups excluding carboxylic acids is 1. The fraction of sp³-hybridized carbons (Fsp3) is 0.632. The summed E-state index contributed by atoms with van der Waals surface area (Å²) in [6.07, 6.45) is 6.63. The van der Waals surface area contributed by atoms with Crippen LogP contribution in [0.3, 0.4) is 0 Å². The molecule has 5 nitrogen and oxygen atoms in total. The van der Waals surface area contributed by atoms with Gasteiger partial charge in [-0.2, -0.15) is 0 Å². The normalized spacial score (nSPS) is 34.0. The fourth-order valence-electron chi connectivity index (χ4n) is 5.79. The molecule has 2 aromatic rings. The number of aromatic nitrogens is 2. The topological polar surface area (TPSA) is 68.0 Å². The molecule has 0 spiro atoms. The van der Waals surface area contributed by atoms with E-state index >= 15 is 0 Å². The zero-order valence-electron chi connectivity index (χ0n) is 14.2. The molecule has 2 aromatic heterocycles. The number of pyridine rings is 1. The summed E-state index contributed by atoms with van der Waals surface area (Å²) in [5.74, 6) is 3.18. The van der Waals surface area contributed by atoms with E-state index in [2.05, 4.69) is 15.5 Å². The quantitative estimate of drug-likeness (QED) is 0.919. The summed E-state index contributed by atoms with van der Waals surface area (Å²) in [6.45, 7) is 3.75. The second kappa shape index (κ2) is 5.04. The highest BCUT2D eigenvalue weighted by molar-refractivity contribution is 6.06. The van der Waals surface area contributed by atoms with Gasteiger partial charge in [-0.1, -0.05) is 5.16 Å². The maximum absolute atomic E-state index is 13.0. The molecule has 0 aromatic carbocycles. The van der Waals surface area contributed by atoms with Crippen LogP contribution in [0.5, 0.6) is 0 Å². The Bertz CT molecular complexity index is 797. The van der Waals surface area contributed by atoms with Gasteiger partial charge in [0.15, 0.2) is 0 Å². The van der Waals surface area contributed by atoms with Gasteiger partial charge in [0.25, 0.3) is 11.6 Å². The van der Waals surface area contributed by atoms with Gasteiger partial charge in [0, 0.05) is 11.7 Å². The van der Waals surface area contributed by atoms with Crippen LogP contribution in [-0.4, -0.2) is 22.1 Å². The summed E-state index contributed by atoms with van der Waals surface area (Å²) in [7, 11) is 0. The number of hydrogen-bond acceptors (Lipinski definition) is 4. The van der Waals surface area contributed by atoms with Gasteiger partial charge in [0.1, 0.15) is 0 Å². The predicted molar refractivity (Wildman–Crippen MR) is 89.6 cm³/mol. The Hall–Kier alpha value is -1.91. The number of nitrogens with one attached hydrogen (secondary N) is 1. The molecule has 1 amide bonds. The third-order valence-electron chi connectivity index (χ3n) is 6.51. The standard InChI is InChI=1S/C19H23N3O2/c1-9-3-15(16-10(2)22-24-19(16)20-9)18(23)21-17-13-5-11-4-12(7-13)8-14(17)6-11/h3,11-14,17H,4-8H2,1-2H3,(H,21,23). The summed E-state index contributed by atoms with van der Waals surface area (Å²) in [5, 5.41) is 8.11. The number of aryl methyl sites for hydroxylation is 2. The average molecular weight is 325 g/mol. The number of nitrogens with zero attached hydrogens (tertiary/aromatic N) is 2. The third-order valence-corrected chi connectivity index (χ3v) is 6.51. The molecular formula is C19H23N3O2. The second-order valence-electron chi connectivity index (χ2n) is 8.19. The maximum Gasteiger partial charge on any atom is 0.258 e. The molecule has 1 N–H and O–H groups in total. The Morgan fingerprint density at radius 1 is 1.12 bits per heavy atom. The summed E-state index contributed by atoms with van der Waals surface area (Å²) in [4.78, 5) is 17.4.